The molecule has 0 saturated carbocycles. The summed E-state index contributed by atoms with van der Waals surface area (Å²) in [6.45, 7) is 7.27. The Kier molecular flexibility index (Phi) is 4.21. The van der Waals surface area contributed by atoms with Crippen LogP contribution in [0.5, 0.6) is 0 Å². The maximum atomic E-state index is 12.2. The summed E-state index contributed by atoms with van der Waals surface area (Å²) >= 11 is 0. The van der Waals surface area contributed by atoms with E-state index in [2.05, 4.69) is 15.2 Å². The standard InChI is InChI=1S/C16H20N4O.ClH/c1-11-2-3-15-18-14(4-16(21)20(15)7-11)10-19-8-12-5-17-6-13(12)9-19;/h2-4,7,12-13,17H,5-6,8-10H2,1H3;1H/t12-,13+;. The average molecular weight is 321 g/mol. The van der Waals surface area contributed by atoms with E-state index in [-0.39, 0.29) is 18.0 Å². The molecule has 0 aromatic carbocycles. The van der Waals surface area contributed by atoms with Crippen LogP contribution in [0.4, 0.5) is 0 Å². The number of hydrogen-bond acceptors (Lipinski definition) is 4. The lowest BCUT2D eigenvalue weighted by Gasteiger charge is -2.16. The molecule has 0 bridgehead atoms. The number of likely N-dealkylation sites (tertiary alicyclic amines) is 1. The van der Waals surface area contributed by atoms with Crippen LogP contribution >= 0.6 is 12.4 Å². The van der Waals surface area contributed by atoms with Crippen LogP contribution in [0.2, 0.25) is 0 Å². The Morgan fingerprint density at radius 1 is 1.27 bits per heavy atom. The van der Waals surface area contributed by atoms with E-state index >= 15 is 0 Å². The Bertz CT molecular complexity index is 732. The normalized spacial score (nSPS) is 24.4. The zero-order chi connectivity index (χ0) is 14.4. The van der Waals surface area contributed by atoms with Gasteiger partial charge >= 0.3 is 0 Å². The topological polar surface area (TPSA) is 49.6 Å². The van der Waals surface area contributed by atoms with E-state index in [1.165, 1.54) is 0 Å². The van der Waals surface area contributed by atoms with Gasteiger partial charge in [0.25, 0.3) is 5.56 Å². The number of pyridine rings is 1. The molecule has 2 aromatic heterocycles. The third-order valence-electron chi connectivity index (χ3n) is 4.71. The SMILES string of the molecule is Cc1ccc2nc(CN3C[C@H]4CNC[C@H]4C3)cc(=O)n2c1.Cl. The summed E-state index contributed by atoms with van der Waals surface area (Å²) in [6.07, 6.45) is 1.85. The third-order valence-corrected chi connectivity index (χ3v) is 4.71. The molecule has 0 aliphatic carbocycles. The minimum atomic E-state index is 0. The zero-order valence-electron chi connectivity index (χ0n) is 12.7. The van der Waals surface area contributed by atoms with Gasteiger partial charge in [-0.05, 0) is 43.5 Å². The lowest BCUT2D eigenvalue weighted by Crippen LogP contribution is -2.27. The first-order chi connectivity index (χ1) is 10.2. The maximum absolute atomic E-state index is 12.2. The van der Waals surface area contributed by atoms with Gasteiger partial charge in [-0.15, -0.1) is 12.4 Å². The van der Waals surface area contributed by atoms with Crippen molar-refractivity contribution >= 4 is 18.1 Å². The van der Waals surface area contributed by atoms with Crippen LogP contribution < -0.4 is 10.9 Å². The van der Waals surface area contributed by atoms with Crippen molar-refractivity contribution in [3.05, 3.63) is 46.0 Å². The van der Waals surface area contributed by atoms with E-state index in [0.717, 1.165) is 61.5 Å². The van der Waals surface area contributed by atoms with Gasteiger partial charge in [0.15, 0.2) is 0 Å². The molecule has 2 fully saturated rings. The number of fused-ring (bicyclic) bond motifs is 2. The van der Waals surface area contributed by atoms with Crippen molar-refractivity contribution in [1.29, 1.82) is 0 Å². The smallest absolute Gasteiger partial charge is 0.258 e. The van der Waals surface area contributed by atoms with E-state index < -0.39 is 0 Å². The predicted octanol–water partition coefficient (Wildman–Crippen LogP) is 1.08. The lowest BCUT2D eigenvalue weighted by atomic mass is 10.0. The van der Waals surface area contributed by atoms with Crippen LogP contribution in [0.15, 0.2) is 29.2 Å². The van der Waals surface area contributed by atoms with Gasteiger partial charge in [-0.3, -0.25) is 14.1 Å². The van der Waals surface area contributed by atoms with Gasteiger partial charge in [0.2, 0.25) is 0 Å². The molecular weight excluding hydrogens is 300 g/mol. The minimum Gasteiger partial charge on any atom is -0.316 e. The van der Waals surface area contributed by atoms with E-state index in [1.807, 2.05) is 25.3 Å². The number of nitrogens with zero attached hydrogens (tertiary/aromatic N) is 3. The number of hydrogen-bond donors (Lipinski definition) is 1. The zero-order valence-corrected chi connectivity index (χ0v) is 13.5. The molecule has 2 aliphatic heterocycles. The van der Waals surface area contributed by atoms with Gasteiger partial charge in [-0.25, -0.2) is 4.98 Å². The monoisotopic (exact) mass is 320 g/mol. The van der Waals surface area contributed by atoms with Crippen LogP contribution in [0.3, 0.4) is 0 Å². The summed E-state index contributed by atoms with van der Waals surface area (Å²) in [5, 5.41) is 3.45. The molecule has 2 atom stereocenters. The van der Waals surface area contributed by atoms with E-state index in [9.17, 15) is 4.79 Å². The number of rotatable bonds is 2. The third kappa shape index (κ3) is 2.76. The molecule has 5 nitrogen and oxygen atoms in total. The Morgan fingerprint density at radius 3 is 2.73 bits per heavy atom. The summed E-state index contributed by atoms with van der Waals surface area (Å²) in [5.41, 5.74) is 2.71. The van der Waals surface area contributed by atoms with Crippen molar-refractivity contribution in [1.82, 2.24) is 19.6 Å². The summed E-state index contributed by atoms with van der Waals surface area (Å²) in [7, 11) is 0. The molecule has 6 heteroatoms. The highest BCUT2D eigenvalue weighted by Crippen LogP contribution is 2.26. The van der Waals surface area contributed by atoms with Crippen molar-refractivity contribution in [2.75, 3.05) is 26.2 Å². The van der Waals surface area contributed by atoms with Crippen LogP contribution in [0, 0.1) is 18.8 Å². The largest absolute Gasteiger partial charge is 0.316 e. The molecule has 0 unspecified atom stereocenters. The molecule has 22 heavy (non-hydrogen) atoms. The van der Waals surface area contributed by atoms with Crippen LogP contribution in [-0.2, 0) is 6.54 Å². The number of nitrogens with one attached hydrogen (secondary N) is 1. The lowest BCUT2D eigenvalue weighted by molar-refractivity contribution is 0.302. The number of halogens is 1. The number of aromatic nitrogens is 2. The predicted molar refractivity (Wildman–Crippen MR) is 88.6 cm³/mol. The molecular formula is C16H21ClN4O. The van der Waals surface area contributed by atoms with Crippen molar-refractivity contribution in [3.8, 4) is 0 Å². The van der Waals surface area contributed by atoms with Crippen molar-refractivity contribution in [3.63, 3.8) is 0 Å². The fourth-order valence-corrected chi connectivity index (χ4v) is 3.65. The van der Waals surface area contributed by atoms with Gasteiger partial charge in [-0.2, -0.15) is 0 Å². The van der Waals surface area contributed by atoms with Crippen LogP contribution in [-0.4, -0.2) is 40.5 Å². The van der Waals surface area contributed by atoms with Crippen molar-refractivity contribution < 1.29 is 0 Å². The molecule has 118 valence electrons. The fraction of sp³-hybridized carbons (Fsp3) is 0.500. The molecule has 2 aromatic rings. The first kappa shape index (κ1) is 15.5. The second-order valence-electron chi connectivity index (χ2n) is 6.39. The molecule has 4 heterocycles. The van der Waals surface area contributed by atoms with E-state index in [1.54, 1.807) is 10.5 Å². The van der Waals surface area contributed by atoms with Gasteiger partial charge in [0.05, 0.1) is 5.69 Å². The molecule has 0 radical (unpaired) electrons. The van der Waals surface area contributed by atoms with E-state index in [0.29, 0.717) is 0 Å². The van der Waals surface area contributed by atoms with Crippen LogP contribution in [0.1, 0.15) is 11.3 Å². The molecule has 1 N–H and O–H groups in total. The van der Waals surface area contributed by atoms with Crippen LogP contribution in [0.25, 0.3) is 5.65 Å². The van der Waals surface area contributed by atoms with Crippen molar-refractivity contribution in [2.45, 2.75) is 13.5 Å². The quantitative estimate of drug-likeness (QED) is 0.899. The summed E-state index contributed by atoms with van der Waals surface area (Å²) < 4.78 is 1.63. The molecule has 2 saturated heterocycles. The Morgan fingerprint density at radius 2 is 2.00 bits per heavy atom. The van der Waals surface area contributed by atoms with Gasteiger partial charge in [-0.1, -0.05) is 6.07 Å². The first-order valence-corrected chi connectivity index (χ1v) is 7.61. The van der Waals surface area contributed by atoms with Gasteiger partial charge < -0.3 is 5.32 Å². The van der Waals surface area contributed by atoms with E-state index in [4.69, 9.17) is 0 Å². The molecule has 0 spiro atoms. The Balaban J connectivity index is 0.00000144. The molecule has 0 amide bonds. The second-order valence-corrected chi connectivity index (χ2v) is 6.39. The van der Waals surface area contributed by atoms with Gasteiger partial charge in [0.1, 0.15) is 5.65 Å². The molecule has 4 rings (SSSR count). The fourth-order valence-electron chi connectivity index (χ4n) is 3.65. The highest BCUT2D eigenvalue weighted by atomic mass is 35.5. The highest BCUT2D eigenvalue weighted by molar-refractivity contribution is 5.85. The summed E-state index contributed by atoms with van der Waals surface area (Å²) in [4.78, 5) is 19.3. The summed E-state index contributed by atoms with van der Waals surface area (Å²) in [5.74, 6) is 1.54. The average Bonchev–Trinajstić information content (AvgIpc) is 3.00. The minimum absolute atomic E-state index is 0. The first-order valence-electron chi connectivity index (χ1n) is 7.61. The molecule has 2 aliphatic rings. The Hall–Kier alpha value is -1.43. The Labute approximate surface area is 135 Å². The van der Waals surface area contributed by atoms with Crippen molar-refractivity contribution in [2.24, 2.45) is 11.8 Å². The van der Waals surface area contributed by atoms with Gasteiger partial charge in [0, 0.05) is 31.9 Å². The highest BCUT2D eigenvalue weighted by Gasteiger charge is 2.35. The number of aryl methyl sites for hydroxylation is 1. The summed E-state index contributed by atoms with van der Waals surface area (Å²) in [6, 6.07) is 5.60. The maximum Gasteiger partial charge on any atom is 0.258 e. The second kappa shape index (κ2) is 5.99.